The fourth-order valence-electron chi connectivity index (χ4n) is 1.68. The molecule has 1 unspecified atom stereocenters. The molecule has 0 radical (unpaired) electrons. The Hall–Kier alpha value is -0.0900. The van der Waals surface area contributed by atoms with Gasteiger partial charge in [-0.3, -0.25) is 0 Å². The molecule has 0 aromatic heterocycles. The minimum atomic E-state index is -0.0559. The first-order valence-electron chi connectivity index (χ1n) is 5.43. The summed E-state index contributed by atoms with van der Waals surface area (Å²) >= 11 is 9.41. The molecule has 1 aliphatic rings. The van der Waals surface area contributed by atoms with E-state index < -0.39 is 0 Å². The highest BCUT2D eigenvalue weighted by molar-refractivity contribution is 9.10. The van der Waals surface area contributed by atoms with Gasteiger partial charge in [-0.05, 0) is 43.0 Å². The molecule has 16 heavy (non-hydrogen) atoms. The van der Waals surface area contributed by atoms with Crippen molar-refractivity contribution in [2.75, 3.05) is 6.61 Å². The van der Waals surface area contributed by atoms with Crippen LogP contribution in [-0.2, 0) is 16.1 Å². The van der Waals surface area contributed by atoms with Gasteiger partial charge in [0.15, 0.2) is 6.29 Å². The Morgan fingerprint density at radius 1 is 1.44 bits per heavy atom. The van der Waals surface area contributed by atoms with Crippen LogP contribution >= 0.6 is 27.5 Å². The molecule has 1 aromatic carbocycles. The predicted molar refractivity (Wildman–Crippen MR) is 67.5 cm³/mol. The summed E-state index contributed by atoms with van der Waals surface area (Å²) in [5.41, 5.74) is 1.06. The first kappa shape index (κ1) is 12.4. The van der Waals surface area contributed by atoms with Crippen molar-refractivity contribution in [2.45, 2.75) is 32.2 Å². The van der Waals surface area contributed by atoms with Crippen LogP contribution < -0.4 is 0 Å². The van der Waals surface area contributed by atoms with Crippen LogP contribution in [0, 0.1) is 0 Å². The summed E-state index contributed by atoms with van der Waals surface area (Å²) in [5.74, 6) is 0. The standard InChI is InChI=1S/C12H14BrClO2/c13-11-5-4-10(14)7-9(11)8-16-12-3-1-2-6-15-12/h4-5,7,12H,1-3,6,8H2. The Morgan fingerprint density at radius 2 is 2.31 bits per heavy atom. The van der Waals surface area contributed by atoms with E-state index in [1.165, 1.54) is 6.42 Å². The predicted octanol–water partition coefficient (Wildman–Crippen LogP) is 4.15. The van der Waals surface area contributed by atoms with Crippen LogP contribution in [0.25, 0.3) is 0 Å². The van der Waals surface area contributed by atoms with Gasteiger partial charge < -0.3 is 9.47 Å². The summed E-state index contributed by atoms with van der Waals surface area (Å²) in [6.45, 7) is 1.34. The lowest BCUT2D eigenvalue weighted by Crippen LogP contribution is -2.22. The number of rotatable bonds is 3. The quantitative estimate of drug-likeness (QED) is 0.835. The van der Waals surface area contributed by atoms with E-state index in [2.05, 4.69) is 15.9 Å². The van der Waals surface area contributed by atoms with Gasteiger partial charge in [0.2, 0.25) is 0 Å². The molecule has 2 rings (SSSR count). The Bertz CT molecular complexity index is 351. The summed E-state index contributed by atoms with van der Waals surface area (Å²) in [5, 5.41) is 0.728. The van der Waals surface area contributed by atoms with Crippen molar-refractivity contribution in [1.82, 2.24) is 0 Å². The van der Waals surface area contributed by atoms with Crippen LogP contribution in [0.4, 0.5) is 0 Å². The molecule has 0 amide bonds. The van der Waals surface area contributed by atoms with E-state index in [1.807, 2.05) is 18.2 Å². The molecule has 0 aliphatic carbocycles. The summed E-state index contributed by atoms with van der Waals surface area (Å²) in [7, 11) is 0. The van der Waals surface area contributed by atoms with Crippen molar-refractivity contribution >= 4 is 27.5 Å². The Balaban J connectivity index is 1.90. The summed E-state index contributed by atoms with van der Waals surface area (Å²) in [6, 6.07) is 5.70. The topological polar surface area (TPSA) is 18.5 Å². The van der Waals surface area contributed by atoms with E-state index in [1.54, 1.807) is 0 Å². The molecule has 0 N–H and O–H groups in total. The zero-order valence-electron chi connectivity index (χ0n) is 8.92. The highest BCUT2D eigenvalue weighted by Crippen LogP contribution is 2.23. The Labute approximate surface area is 109 Å². The van der Waals surface area contributed by atoms with Gasteiger partial charge in [0, 0.05) is 16.1 Å². The maximum atomic E-state index is 5.93. The summed E-state index contributed by atoms with van der Waals surface area (Å²) in [4.78, 5) is 0. The van der Waals surface area contributed by atoms with Gasteiger partial charge in [0.05, 0.1) is 6.61 Å². The highest BCUT2D eigenvalue weighted by Gasteiger charge is 2.14. The van der Waals surface area contributed by atoms with Gasteiger partial charge in [-0.1, -0.05) is 27.5 Å². The molecule has 1 heterocycles. The van der Waals surface area contributed by atoms with Crippen molar-refractivity contribution in [3.63, 3.8) is 0 Å². The second-order valence-corrected chi connectivity index (χ2v) is 5.13. The average Bonchev–Trinajstić information content (AvgIpc) is 2.32. The van der Waals surface area contributed by atoms with Crippen molar-refractivity contribution in [3.8, 4) is 0 Å². The van der Waals surface area contributed by atoms with Crippen molar-refractivity contribution in [3.05, 3.63) is 33.3 Å². The molecule has 0 saturated carbocycles. The molecule has 0 bridgehead atoms. The van der Waals surface area contributed by atoms with E-state index in [9.17, 15) is 0 Å². The largest absolute Gasteiger partial charge is 0.353 e. The van der Waals surface area contributed by atoms with Gasteiger partial charge in [0.25, 0.3) is 0 Å². The zero-order valence-corrected chi connectivity index (χ0v) is 11.3. The lowest BCUT2D eigenvalue weighted by Gasteiger charge is -2.22. The average molecular weight is 306 g/mol. The Morgan fingerprint density at radius 3 is 3.06 bits per heavy atom. The van der Waals surface area contributed by atoms with Crippen LogP contribution in [0.2, 0.25) is 5.02 Å². The second kappa shape index (κ2) is 6.01. The second-order valence-electron chi connectivity index (χ2n) is 3.84. The molecule has 1 fully saturated rings. The minimum absolute atomic E-state index is 0.0559. The fourth-order valence-corrected chi connectivity index (χ4v) is 2.24. The van der Waals surface area contributed by atoms with Crippen LogP contribution in [0.5, 0.6) is 0 Å². The fraction of sp³-hybridized carbons (Fsp3) is 0.500. The van der Waals surface area contributed by atoms with Gasteiger partial charge in [-0.2, -0.15) is 0 Å². The van der Waals surface area contributed by atoms with Crippen LogP contribution in [0.3, 0.4) is 0 Å². The number of ether oxygens (including phenoxy) is 2. The zero-order chi connectivity index (χ0) is 11.4. The van der Waals surface area contributed by atoms with Crippen molar-refractivity contribution in [1.29, 1.82) is 0 Å². The SMILES string of the molecule is Clc1ccc(Br)c(COC2CCCCO2)c1. The maximum absolute atomic E-state index is 5.93. The van der Waals surface area contributed by atoms with E-state index in [4.69, 9.17) is 21.1 Å². The first-order valence-corrected chi connectivity index (χ1v) is 6.60. The number of hydrogen-bond acceptors (Lipinski definition) is 2. The van der Waals surface area contributed by atoms with Gasteiger partial charge in [-0.15, -0.1) is 0 Å². The molecule has 88 valence electrons. The third-order valence-corrected chi connectivity index (χ3v) is 3.58. The first-order chi connectivity index (χ1) is 7.75. The molecular formula is C12H14BrClO2. The third-order valence-electron chi connectivity index (χ3n) is 2.57. The van der Waals surface area contributed by atoms with Crippen LogP contribution in [0.1, 0.15) is 24.8 Å². The van der Waals surface area contributed by atoms with Crippen LogP contribution in [-0.4, -0.2) is 12.9 Å². The molecular weight excluding hydrogens is 291 g/mol. The smallest absolute Gasteiger partial charge is 0.158 e. The van der Waals surface area contributed by atoms with Gasteiger partial charge in [-0.25, -0.2) is 0 Å². The highest BCUT2D eigenvalue weighted by atomic mass is 79.9. The summed E-state index contributed by atoms with van der Waals surface area (Å²) in [6.07, 6.45) is 3.25. The van der Waals surface area contributed by atoms with E-state index in [-0.39, 0.29) is 6.29 Å². The number of hydrogen-bond donors (Lipinski definition) is 0. The normalized spacial score (nSPS) is 21.0. The molecule has 1 aliphatic heterocycles. The number of benzene rings is 1. The molecule has 2 nitrogen and oxygen atoms in total. The van der Waals surface area contributed by atoms with Crippen molar-refractivity contribution < 1.29 is 9.47 Å². The van der Waals surface area contributed by atoms with Crippen molar-refractivity contribution in [2.24, 2.45) is 0 Å². The lowest BCUT2D eigenvalue weighted by molar-refractivity contribution is -0.169. The molecule has 0 spiro atoms. The monoisotopic (exact) mass is 304 g/mol. The Kier molecular flexibility index (Phi) is 4.65. The summed E-state index contributed by atoms with van der Waals surface area (Å²) < 4.78 is 12.2. The molecule has 1 aromatic rings. The lowest BCUT2D eigenvalue weighted by atomic mass is 10.2. The van der Waals surface area contributed by atoms with E-state index in [0.29, 0.717) is 6.61 Å². The van der Waals surface area contributed by atoms with Crippen LogP contribution in [0.15, 0.2) is 22.7 Å². The maximum Gasteiger partial charge on any atom is 0.158 e. The molecule has 1 saturated heterocycles. The third kappa shape index (κ3) is 3.45. The molecule has 1 atom stereocenters. The molecule has 4 heteroatoms. The number of halogens is 2. The van der Waals surface area contributed by atoms with Gasteiger partial charge >= 0.3 is 0 Å². The van der Waals surface area contributed by atoms with E-state index in [0.717, 1.165) is 34.5 Å². The van der Waals surface area contributed by atoms with Gasteiger partial charge in [0.1, 0.15) is 0 Å². The van der Waals surface area contributed by atoms with E-state index >= 15 is 0 Å². The minimum Gasteiger partial charge on any atom is -0.353 e.